The molecule has 2 atom stereocenters. The van der Waals surface area contributed by atoms with E-state index in [2.05, 4.69) is 25.5 Å². The molecular formula is C24H27F2N5O. The summed E-state index contributed by atoms with van der Waals surface area (Å²) in [6.45, 7) is 5.10. The molecule has 2 N–H and O–H groups in total. The van der Waals surface area contributed by atoms with Crippen LogP contribution in [0.1, 0.15) is 6.42 Å². The Kier molecular flexibility index (Phi) is 5.89. The molecule has 0 radical (unpaired) electrons. The lowest BCUT2D eigenvalue weighted by Gasteiger charge is -2.23. The van der Waals surface area contributed by atoms with Crippen LogP contribution in [0.2, 0.25) is 0 Å². The van der Waals surface area contributed by atoms with Crippen LogP contribution < -0.4 is 20.3 Å². The molecule has 32 heavy (non-hydrogen) atoms. The Hall–Kier alpha value is -2.84. The van der Waals surface area contributed by atoms with Gasteiger partial charge in [0, 0.05) is 54.6 Å². The molecule has 0 bridgehead atoms. The van der Waals surface area contributed by atoms with Crippen molar-refractivity contribution in [2.45, 2.75) is 6.42 Å². The second-order valence-electron chi connectivity index (χ2n) is 8.57. The fourth-order valence-electron chi connectivity index (χ4n) is 4.76. The summed E-state index contributed by atoms with van der Waals surface area (Å²) in [5, 5.41) is 7.13. The van der Waals surface area contributed by atoms with Crippen LogP contribution >= 0.6 is 0 Å². The van der Waals surface area contributed by atoms with E-state index in [1.807, 2.05) is 19.2 Å². The summed E-state index contributed by atoms with van der Waals surface area (Å²) in [4.78, 5) is 11.3. The number of aromatic nitrogens is 2. The van der Waals surface area contributed by atoms with Crippen LogP contribution in [0.25, 0.3) is 22.2 Å². The summed E-state index contributed by atoms with van der Waals surface area (Å²) in [6.07, 6.45) is 2.85. The summed E-state index contributed by atoms with van der Waals surface area (Å²) in [5.74, 6) is -0.0234. The monoisotopic (exact) mass is 439 g/mol. The third-order valence-corrected chi connectivity index (χ3v) is 6.48. The Labute approximate surface area is 186 Å². The molecule has 2 aromatic heterocycles. The van der Waals surface area contributed by atoms with Crippen molar-refractivity contribution in [3.8, 4) is 17.1 Å². The van der Waals surface area contributed by atoms with Gasteiger partial charge < -0.3 is 20.3 Å². The Morgan fingerprint density at radius 2 is 2.00 bits per heavy atom. The summed E-state index contributed by atoms with van der Waals surface area (Å²) in [6, 6.07) is 8.13. The molecule has 2 unspecified atom stereocenters. The lowest BCUT2D eigenvalue weighted by molar-refractivity contribution is 0.306. The van der Waals surface area contributed by atoms with Gasteiger partial charge in [-0.3, -0.25) is 0 Å². The van der Waals surface area contributed by atoms with Crippen molar-refractivity contribution in [1.29, 1.82) is 0 Å². The molecule has 0 saturated carbocycles. The molecule has 0 aliphatic carbocycles. The Morgan fingerprint density at radius 1 is 1.16 bits per heavy atom. The molecule has 5 rings (SSSR count). The topological polar surface area (TPSA) is 62.3 Å². The minimum Gasteiger partial charge on any atom is -0.476 e. The molecule has 6 nitrogen and oxygen atoms in total. The van der Waals surface area contributed by atoms with E-state index in [0.717, 1.165) is 50.4 Å². The quantitative estimate of drug-likeness (QED) is 0.575. The standard InChI is InChI=1S/C24H27F2N5O/c1-27-6-7-32-24-3-2-15(12-29-24)21-10-23(18-8-19(25)20(26)9-22(18)30-21)31-13-16-4-5-28-11-17(16)14-31/h2-3,8-10,12,16-17,27-28H,4-7,11,13-14H2,1H3. The number of likely N-dealkylation sites (N-methyl/N-ethyl adjacent to an activating group) is 1. The fourth-order valence-corrected chi connectivity index (χ4v) is 4.76. The highest BCUT2D eigenvalue weighted by molar-refractivity contribution is 5.94. The summed E-state index contributed by atoms with van der Waals surface area (Å²) < 4.78 is 33.8. The Balaban J connectivity index is 1.52. The summed E-state index contributed by atoms with van der Waals surface area (Å²) in [7, 11) is 1.86. The van der Waals surface area contributed by atoms with Crippen LogP contribution in [0.3, 0.4) is 0 Å². The van der Waals surface area contributed by atoms with Crippen LogP contribution in [-0.4, -0.2) is 56.3 Å². The first-order chi connectivity index (χ1) is 15.6. The first kappa shape index (κ1) is 21.0. The maximum Gasteiger partial charge on any atom is 0.213 e. The minimum absolute atomic E-state index is 0.443. The number of halogens is 2. The van der Waals surface area contributed by atoms with E-state index in [9.17, 15) is 8.78 Å². The van der Waals surface area contributed by atoms with Gasteiger partial charge in [0.15, 0.2) is 11.6 Å². The molecule has 2 saturated heterocycles. The van der Waals surface area contributed by atoms with Crippen LogP contribution in [0, 0.1) is 23.5 Å². The zero-order chi connectivity index (χ0) is 22.1. The second kappa shape index (κ2) is 8.96. The Bertz CT molecular complexity index is 1090. The van der Waals surface area contributed by atoms with Crippen LogP contribution in [0.4, 0.5) is 14.5 Å². The number of ether oxygens (including phenoxy) is 1. The van der Waals surface area contributed by atoms with Gasteiger partial charge >= 0.3 is 0 Å². The highest BCUT2D eigenvalue weighted by atomic mass is 19.2. The fraction of sp³-hybridized carbons (Fsp3) is 0.417. The first-order valence-corrected chi connectivity index (χ1v) is 11.1. The van der Waals surface area contributed by atoms with Crippen molar-refractivity contribution in [2.24, 2.45) is 11.8 Å². The van der Waals surface area contributed by atoms with Crippen molar-refractivity contribution in [3.05, 3.63) is 48.2 Å². The predicted octanol–water partition coefficient (Wildman–Crippen LogP) is 3.22. The number of rotatable bonds is 6. The number of benzene rings is 1. The number of anilines is 1. The zero-order valence-corrected chi connectivity index (χ0v) is 18.1. The number of pyridine rings is 2. The van der Waals surface area contributed by atoms with Gasteiger partial charge in [-0.25, -0.2) is 18.7 Å². The molecule has 2 aliphatic rings. The normalized spacial score (nSPS) is 20.5. The molecule has 4 heterocycles. The van der Waals surface area contributed by atoms with E-state index in [0.29, 0.717) is 40.9 Å². The van der Waals surface area contributed by atoms with Crippen molar-refractivity contribution >= 4 is 16.6 Å². The molecule has 2 aliphatic heterocycles. The van der Waals surface area contributed by atoms with E-state index >= 15 is 0 Å². The average molecular weight is 440 g/mol. The number of hydrogen-bond acceptors (Lipinski definition) is 6. The van der Waals surface area contributed by atoms with Crippen molar-refractivity contribution < 1.29 is 13.5 Å². The van der Waals surface area contributed by atoms with Crippen molar-refractivity contribution in [2.75, 3.05) is 51.3 Å². The number of nitrogens with zero attached hydrogens (tertiary/aromatic N) is 3. The van der Waals surface area contributed by atoms with Crippen LogP contribution in [0.15, 0.2) is 36.5 Å². The van der Waals surface area contributed by atoms with E-state index in [-0.39, 0.29) is 0 Å². The van der Waals surface area contributed by atoms with Gasteiger partial charge in [0.2, 0.25) is 5.88 Å². The van der Waals surface area contributed by atoms with Gasteiger partial charge in [0.25, 0.3) is 0 Å². The predicted molar refractivity (Wildman–Crippen MR) is 121 cm³/mol. The molecule has 2 fully saturated rings. The molecule has 0 amide bonds. The van der Waals surface area contributed by atoms with Gasteiger partial charge in [-0.2, -0.15) is 0 Å². The van der Waals surface area contributed by atoms with Crippen molar-refractivity contribution in [3.63, 3.8) is 0 Å². The Morgan fingerprint density at radius 3 is 2.78 bits per heavy atom. The summed E-state index contributed by atoms with van der Waals surface area (Å²) >= 11 is 0. The molecular weight excluding hydrogens is 412 g/mol. The highest BCUT2D eigenvalue weighted by Crippen LogP contribution is 2.37. The first-order valence-electron chi connectivity index (χ1n) is 11.1. The molecule has 168 valence electrons. The number of nitrogens with one attached hydrogen (secondary N) is 2. The number of piperidine rings is 1. The molecule has 0 spiro atoms. The maximum atomic E-state index is 14.1. The maximum absolute atomic E-state index is 14.1. The third kappa shape index (κ3) is 4.12. The number of hydrogen-bond donors (Lipinski definition) is 2. The van der Waals surface area contributed by atoms with E-state index in [1.165, 1.54) is 12.1 Å². The second-order valence-corrected chi connectivity index (χ2v) is 8.57. The minimum atomic E-state index is -0.890. The van der Waals surface area contributed by atoms with E-state index < -0.39 is 11.6 Å². The number of fused-ring (bicyclic) bond motifs is 2. The summed E-state index contributed by atoms with van der Waals surface area (Å²) in [5.41, 5.74) is 2.82. The third-order valence-electron chi connectivity index (χ3n) is 6.48. The zero-order valence-electron chi connectivity index (χ0n) is 18.1. The SMILES string of the molecule is CNCCOc1ccc(-c2cc(N3CC4CCNCC4C3)c3cc(F)c(F)cc3n2)cn1. The highest BCUT2D eigenvalue weighted by Gasteiger charge is 2.35. The van der Waals surface area contributed by atoms with Gasteiger partial charge in [-0.05, 0) is 56.6 Å². The molecule has 1 aromatic carbocycles. The largest absolute Gasteiger partial charge is 0.476 e. The van der Waals surface area contributed by atoms with Crippen LogP contribution in [-0.2, 0) is 0 Å². The van der Waals surface area contributed by atoms with E-state index in [4.69, 9.17) is 4.74 Å². The van der Waals surface area contributed by atoms with Gasteiger partial charge in [-0.1, -0.05) is 0 Å². The smallest absolute Gasteiger partial charge is 0.213 e. The lowest BCUT2D eigenvalue weighted by Crippen LogP contribution is -2.35. The molecule has 3 aromatic rings. The lowest BCUT2D eigenvalue weighted by atomic mass is 9.90. The van der Waals surface area contributed by atoms with Gasteiger partial charge in [0.1, 0.15) is 6.61 Å². The van der Waals surface area contributed by atoms with E-state index in [1.54, 1.807) is 12.3 Å². The van der Waals surface area contributed by atoms with Gasteiger partial charge in [-0.15, -0.1) is 0 Å². The van der Waals surface area contributed by atoms with Crippen LogP contribution in [0.5, 0.6) is 5.88 Å². The average Bonchev–Trinajstić information content (AvgIpc) is 3.24. The van der Waals surface area contributed by atoms with Gasteiger partial charge in [0.05, 0.1) is 11.2 Å². The molecule has 8 heteroatoms. The van der Waals surface area contributed by atoms with Crippen molar-refractivity contribution in [1.82, 2.24) is 20.6 Å².